The largest absolute Gasteiger partial charge is 0.497 e. The lowest BCUT2D eigenvalue weighted by molar-refractivity contribution is -0.132. The van der Waals surface area contributed by atoms with Crippen LogP contribution in [0.1, 0.15) is 41.3 Å². The number of aromatic amines is 1. The Hall–Kier alpha value is -4.13. The Balaban J connectivity index is 1.54. The molecule has 0 aliphatic carbocycles. The molecule has 0 unspecified atom stereocenters. The third kappa shape index (κ3) is 6.79. The number of rotatable bonds is 12. The van der Waals surface area contributed by atoms with Crippen molar-refractivity contribution in [2.75, 3.05) is 26.7 Å². The van der Waals surface area contributed by atoms with Gasteiger partial charge in [0.2, 0.25) is 5.91 Å². The molecule has 6 nitrogen and oxygen atoms in total. The Kier molecular flexibility index (Phi) is 9.14. The number of hydrogen-bond acceptors (Lipinski definition) is 3. The molecule has 0 atom stereocenters. The fourth-order valence-corrected chi connectivity index (χ4v) is 4.51. The van der Waals surface area contributed by atoms with Crippen molar-refractivity contribution in [1.82, 2.24) is 14.8 Å². The van der Waals surface area contributed by atoms with Gasteiger partial charge in [0.1, 0.15) is 18.1 Å². The van der Waals surface area contributed by atoms with Crippen LogP contribution in [0.4, 0.5) is 4.39 Å². The zero-order valence-electron chi connectivity index (χ0n) is 22.0. The summed E-state index contributed by atoms with van der Waals surface area (Å²) in [5.74, 6) is -0.219. The Labute approximate surface area is 223 Å². The van der Waals surface area contributed by atoms with E-state index in [-0.39, 0.29) is 23.9 Å². The van der Waals surface area contributed by atoms with Gasteiger partial charge in [0.05, 0.1) is 7.11 Å². The number of carbonyl (C=O) groups is 2. The second-order valence-corrected chi connectivity index (χ2v) is 9.36. The zero-order valence-corrected chi connectivity index (χ0v) is 22.0. The summed E-state index contributed by atoms with van der Waals surface area (Å²) < 4.78 is 19.1. The van der Waals surface area contributed by atoms with Crippen molar-refractivity contribution in [3.05, 3.63) is 102 Å². The van der Waals surface area contributed by atoms with E-state index in [1.54, 1.807) is 18.1 Å². The van der Waals surface area contributed by atoms with Crippen LogP contribution < -0.4 is 4.74 Å². The number of nitrogens with zero attached hydrogens (tertiary/aromatic N) is 2. The predicted octanol–water partition coefficient (Wildman–Crippen LogP) is 5.83. The lowest BCUT2D eigenvalue weighted by Crippen LogP contribution is -2.43. The SMILES string of the molecule is CCCCN(CC(=O)N(CCc1c[nH]c2ccccc12)Cc1ccc(OC)cc1)C(=O)c1cccc(F)c1. The summed E-state index contributed by atoms with van der Waals surface area (Å²) in [5, 5.41) is 1.13. The number of halogens is 1. The van der Waals surface area contributed by atoms with Gasteiger partial charge in [-0.25, -0.2) is 4.39 Å². The van der Waals surface area contributed by atoms with Gasteiger partial charge in [0.25, 0.3) is 5.91 Å². The van der Waals surface area contributed by atoms with Crippen LogP contribution in [-0.4, -0.2) is 53.3 Å². The molecule has 0 bridgehead atoms. The summed E-state index contributed by atoms with van der Waals surface area (Å²) in [5.41, 5.74) is 3.40. The minimum Gasteiger partial charge on any atom is -0.497 e. The van der Waals surface area contributed by atoms with Crippen molar-refractivity contribution in [2.24, 2.45) is 0 Å². The topological polar surface area (TPSA) is 65.6 Å². The highest BCUT2D eigenvalue weighted by atomic mass is 19.1. The number of amides is 2. The highest BCUT2D eigenvalue weighted by Gasteiger charge is 2.23. The molecule has 7 heteroatoms. The van der Waals surface area contributed by atoms with Crippen LogP contribution in [0.2, 0.25) is 0 Å². The third-order valence-electron chi connectivity index (χ3n) is 6.68. The van der Waals surface area contributed by atoms with Crippen molar-refractivity contribution < 1.29 is 18.7 Å². The Bertz CT molecular complexity index is 1370. The van der Waals surface area contributed by atoms with Gasteiger partial charge in [-0.2, -0.15) is 0 Å². The second-order valence-electron chi connectivity index (χ2n) is 9.36. The fourth-order valence-electron chi connectivity index (χ4n) is 4.51. The third-order valence-corrected chi connectivity index (χ3v) is 6.68. The standard InChI is InChI=1S/C31H34FN3O3/c1-3-4-17-35(31(37)24-8-7-9-26(32)19-24)22-30(36)34(21-23-12-14-27(38-2)15-13-23)18-16-25-20-33-29-11-6-5-10-28(25)29/h5-15,19-20,33H,3-4,16-18,21-22H2,1-2H3. The molecule has 4 aromatic rings. The molecule has 1 N–H and O–H groups in total. The van der Waals surface area contributed by atoms with E-state index in [1.165, 1.54) is 23.1 Å². The average Bonchev–Trinajstić information content (AvgIpc) is 3.36. The molecule has 0 aliphatic heterocycles. The highest BCUT2D eigenvalue weighted by Crippen LogP contribution is 2.20. The van der Waals surface area contributed by atoms with E-state index in [9.17, 15) is 14.0 Å². The number of benzene rings is 3. The van der Waals surface area contributed by atoms with Crippen LogP contribution in [0.3, 0.4) is 0 Å². The molecule has 1 heterocycles. The normalized spacial score (nSPS) is 10.9. The number of methoxy groups -OCH3 is 1. The first-order valence-electron chi connectivity index (χ1n) is 13.0. The molecule has 198 valence electrons. The van der Waals surface area contributed by atoms with Crippen molar-refractivity contribution in [3.8, 4) is 5.75 Å². The molecule has 38 heavy (non-hydrogen) atoms. The van der Waals surface area contributed by atoms with Crippen molar-refractivity contribution >= 4 is 22.7 Å². The molecule has 0 saturated carbocycles. The van der Waals surface area contributed by atoms with Crippen LogP contribution in [0.15, 0.2) is 79.0 Å². The number of unbranched alkanes of at least 4 members (excludes halogenated alkanes) is 1. The van der Waals surface area contributed by atoms with E-state index in [0.717, 1.165) is 40.6 Å². The van der Waals surface area contributed by atoms with Gasteiger partial charge >= 0.3 is 0 Å². The summed E-state index contributed by atoms with van der Waals surface area (Å²) in [7, 11) is 1.62. The van der Waals surface area contributed by atoms with Gasteiger partial charge in [-0.15, -0.1) is 0 Å². The number of hydrogen-bond donors (Lipinski definition) is 1. The lowest BCUT2D eigenvalue weighted by Gasteiger charge is -2.28. The monoisotopic (exact) mass is 515 g/mol. The molecule has 4 rings (SSSR count). The molecule has 0 fully saturated rings. The van der Waals surface area contributed by atoms with E-state index >= 15 is 0 Å². The summed E-state index contributed by atoms with van der Waals surface area (Å²) in [6, 6.07) is 21.3. The maximum atomic E-state index is 13.8. The average molecular weight is 516 g/mol. The van der Waals surface area contributed by atoms with Gasteiger partial charge < -0.3 is 19.5 Å². The predicted molar refractivity (Wildman–Crippen MR) is 148 cm³/mol. The zero-order chi connectivity index (χ0) is 26.9. The summed E-state index contributed by atoms with van der Waals surface area (Å²) >= 11 is 0. The molecule has 0 radical (unpaired) electrons. The number of nitrogens with one attached hydrogen (secondary N) is 1. The van der Waals surface area contributed by atoms with Crippen LogP contribution in [0.5, 0.6) is 5.75 Å². The van der Waals surface area contributed by atoms with E-state index < -0.39 is 5.82 Å². The maximum Gasteiger partial charge on any atom is 0.254 e. The number of H-pyrrole nitrogens is 1. The minimum atomic E-state index is -0.475. The molecule has 1 aromatic heterocycles. The molecule has 3 aromatic carbocycles. The fraction of sp³-hybridized carbons (Fsp3) is 0.290. The van der Waals surface area contributed by atoms with Crippen LogP contribution in [0, 0.1) is 5.82 Å². The second kappa shape index (κ2) is 12.9. The van der Waals surface area contributed by atoms with E-state index in [1.807, 2.05) is 55.6 Å². The first kappa shape index (κ1) is 26.9. The van der Waals surface area contributed by atoms with Gasteiger partial charge in [-0.1, -0.05) is 49.7 Å². The summed E-state index contributed by atoms with van der Waals surface area (Å²) in [6.07, 6.45) is 4.28. The minimum absolute atomic E-state index is 0.0701. The first-order valence-corrected chi connectivity index (χ1v) is 13.0. The maximum absolute atomic E-state index is 13.8. The van der Waals surface area contributed by atoms with Crippen molar-refractivity contribution in [1.29, 1.82) is 0 Å². The molecule has 0 spiro atoms. The van der Waals surface area contributed by atoms with E-state index in [0.29, 0.717) is 26.1 Å². The summed E-state index contributed by atoms with van der Waals surface area (Å²) in [6.45, 7) is 3.28. The Morgan fingerprint density at radius 2 is 1.74 bits per heavy atom. The van der Waals surface area contributed by atoms with Gasteiger partial charge in [0, 0.05) is 42.3 Å². The van der Waals surface area contributed by atoms with Crippen LogP contribution in [-0.2, 0) is 17.8 Å². The van der Waals surface area contributed by atoms with Crippen LogP contribution in [0.25, 0.3) is 10.9 Å². The molecule has 0 saturated heterocycles. The lowest BCUT2D eigenvalue weighted by atomic mass is 10.1. The number of ether oxygens (including phenoxy) is 1. The van der Waals surface area contributed by atoms with Crippen molar-refractivity contribution in [2.45, 2.75) is 32.7 Å². The van der Waals surface area contributed by atoms with Crippen LogP contribution >= 0.6 is 0 Å². The van der Waals surface area contributed by atoms with Gasteiger partial charge in [0.15, 0.2) is 0 Å². The molecule has 2 amide bonds. The molecule has 0 aliphatic rings. The number of para-hydroxylation sites is 1. The van der Waals surface area contributed by atoms with Gasteiger partial charge in [-0.3, -0.25) is 9.59 Å². The Morgan fingerprint density at radius 3 is 2.47 bits per heavy atom. The van der Waals surface area contributed by atoms with Crippen molar-refractivity contribution in [3.63, 3.8) is 0 Å². The van der Waals surface area contributed by atoms with Gasteiger partial charge in [-0.05, 0) is 60.4 Å². The summed E-state index contributed by atoms with van der Waals surface area (Å²) in [4.78, 5) is 33.6. The van der Waals surface area contributed by atoms with E-state index in [2.05, 4.69) is 11.1 Å². The number of fused-ring (bicyclic) bond motifs is 1. The molecular weight excluding hydrogens is 481 g/mol. The number of aromatic nitrogens is 1. The Morgan fingerprint density at radius 1 is 0.947 bits per heavy atom. The van der Waals surface area contributed by atoms with E-state index in [4.69, 9.17) is 4.74 Å². The quantitative estimate of drug-likeness (QED) is 0.258. The smallest absolute Gasteiger partial charge is 0.254 e. The number of carbonyl (C=O) groups excluding carboxylic acids is 2. The first-order chi connectivity index (χ1) is 18.5. The highest BCUT2D eigenvalue weighted by molar-refractivity contribution is 5.96. The molecular formula is C31H34FN3O3.